The van der Waals surface area contributed by atoms with Crippen molar-refractivity contribution < 1.29 is 9.59 Å². The van der Waals surface area contributed by atoms with Gasteiger partial charge in [0.2, 0.25) is 5.91 Å². The van der Waals surface area contributed by atoms with Crippen LogP contribution in [-0.2, 0) is 4.79 Å². The van der Waals surface area contributed by atoms with Crippen molar-refractivity contribution in [3.05, 3.63) is 107 Å². The molecule has 0 aliphatic heterocycles. The number of nitrogens with one attached hydrogen (secondary N) is 3. The summed E-state index contributed by atoms with van der Waals surface area (Å²) in [5, 5.41) is 12.9. The van der Waals surface area contributed by atoms with Gasteiger partial charge in [0.05, 0.1) is 6.54 Å². The fraction of sp³-hybridized carbons (Fsp3) is 0.192. The Hall–Kier alpha value is -3.93. The lowest BCUT2D eigenvalue weighted by molar-refractivity contribution is -0.120. The Morgan fingerprint density at radius 3 is 2.00 bits per heavy atom. The fourth-order valence-corrected chi connectivity index (χ4v) is 3.58. The van der Waals surface area contributed by atoms with Gasteiger partial charge in [-0.05, 0) is 36.1 Å². The van der Waals surface area contributed by atoms with Gasteiger partial charge in [0.25, 0.3) is 5.91 Å². The molecular weight excluding hydrogens is 400 g/mol. The Morgan fingerprint density at radius 2 is 1.41 bits per heavy atom. The van der Waals surface area contributed by atoms with E-state index >= 15 is 0 Å². The molecule has 3 aromatic rings. The molecule has 0 heterocycles. The standard InChI is InChI=1S/C26H28N4O2/c27-25(28)21-13-7-14-22(17-21)26(32)30-18-24(31)29-16-8-15-23(19-9-3-1-4-10-19)20-11-5-2-6-12-20/h1-7,9-14,17,23H,8,15-16,18H2,(H3,27,28)(H,29,31)(H,30,32). The molecule has 164 valence electrons. The second-order valence-electron chi connectivity index (χ2n) is 7.54. The van der Waals surface area contributed by atoms with Gasteiger partial charge in [-0.3, -0.25) is 15.0 Å². The van der Waals surface area contributed by atoms with Crippen LogP contribution in [0.4, 0.5) is 0 Å². The molecular formula is C26H28N4O2. The zero-order chi connectivity index (χ0) is 22.8. The second kappa shape index (κ2) is 11.5. The molecule has 5 N–H and O–H groups in total. The summed E-state index contributed by atoms with van der Waals surface area (Å²) >= 11 is 0. The van der Waals surface area contributed by atoms with Crippen molar-refractivity contribution in [1.29, 1.82) is 5.41 Å². The summed E-state index contributed by atoms with van der Waals surface area (Å²) in [4.78, 5) is 24.4. The minimum absolute atomic E-state index is 0.107. The summed E-state index contributed by atoms with van der Waals surface area (Å²) in [6.07, 6.45) is 1.72. The van der Waals surface area contributed by atoms with Crippen LogP contribution in [0.1, 0.15) is 45.8 Å². The Kier molecular flexibility index (Phi) is 8.15. The molecule has 0 spiro atoms. The monoisotopic (exact) mass is 428 g/mol. The van der Waals surface area contributed by atoms with Crippen LogP contribution in [0.2, 0.25) is 0 Å². The predicted octanol–water partition coefficient (Wildman–Crippen LogP) is 3.43. The van der Waals surface area contributed by atoms with E-state index in [-0.39, 0.29) is 30.1 Å². The van der Waals surface area contributed by atoms with Gasteiger partial charge in [0, 0.05) is 23.6 Å². The average Bonchev–Trinajstić information content (AvgIpc) is 2.83. The van der Waals surface area contributed by atoms with E-state index in [0.717, 1.165) is 12.8 Å². The van der Waals surface area contributed by atoms with Gasteiger partial charge in [-0.25, -0.2) is 0 Å². The van der Waals surface area contributed by atoms with Crippen LogP contribution in [0.25, 0.3) is 0 Å². The first kappa shape index (κ1) is 22.7. The van der Waals surface area contributed by atoms with Crippen molar-refractivity contribution >= 4 is 17.6 Å². The lowest BCUT2D eigenvalue weighted by atomic mass is 9.87. The van der Waals surface area contributed by atoms with E-state index in [2.05, 4.69) is 34.9 Å². The molecule has 3 aromatic carbocycles. The highest BCUT2D eigenvalue weighted by atomic mass is 16.2. The quantitative estimate of drug-likeness (QED) is 0.226. The van der Waals surface area contributed by atoms with E-state index in [1.807, 2.05) is 36.4 Å². The van der Waals surface area contributed by atoms with Gasteiger partial charge < -0.3 is 16.4 Å². The Labute approximate surface area is 188 Å². The third-order valence-electron chi connectivity index (χ3n) is 5.24. The predicted molar refractivity (Wildman–Crippen MR) is 127 cm³/mol. The van der Waals surface area contributed by atoms with Crippen LogP contribution < -0.4 is 16.4 Å². The van der Waals surface area contributed by atoms with Gasteiger partial charge in [-0.15, -0.1) is 0 Å². The molecule has 3 rings (SSSR count). The van der Waals surface area contributed by atoms with Crippen molar-refractivity contribution in [3.8, 4) is 0 Å². The number of carbonyl (C=O) groups is 2. The topological polar surface area (TPSA) is 108 Å². The molecule has 0 fully saturated rings. The largest absolute Gasteiger partial charge is 0.384 e. The average molecular weight is 429 g/mol. The summed E-state index contributed by atoms with van der Waals surface area (Å²) in [5.74, 6) is -0.460. The van der Waals surface area contributed by atoms with E-state index in [1.165, 1.54) is 17.2 Å². The zero-order valence-corrected chi connectivity index (χ0v) is 17.9. The maximum absolute atomic E-state index is 12.3. The lowest BCUT2D eigenvalue weighted by Gasteiger charge is -2.18. The summed E-state index contributed by atoms with van der Waals surface area (Å²) < 4.78 is 0. The molecule has 6 heteroatoms. The number of hydrogen-bond donors (Lipinski definition) is 4. The number of carbonyl (C=O) groups excluding carboxylic acids is 2. The van der Waals surface area contributed by atoms with Crippen molar-refractivity contribution in [1.82, 2.24) is 10.6 Å². The number of amidine groups is 1. The highest BCUT2D eigenvalue weighted by molar-refractivity contribution is 6.00. The maximum atomic E-state index is 12.3. The Balaban J connectivity index is 1.46. The Bertz CT molecular complexity index is 1010. The lowest BCUT2D eigenvalue weighted by Crippen LogP contribution is -2.37. The molecule has 0 bridgehead atoms. The van der Waals surface area contributed by atoms with Crippen LogP contribution in [0.3, 0.4) is 0 Å². The van der Waals surface area contributed by atoms with Crippen LogP contribution in [-0.4, -0.2) is 30.7 Å². The van der Waals surface area contributed by atoms with Gasteiger partial charge >= 0.3 is 0 Å². The number of amides is 2. The smallest absolute Gasteiger partial charge is 0.251 e. The first-order valence-corrected chi connectivity index (χ1v) is 10.6. The summed E-state index contributed by atoms with van der Waals surface area (Å²) in [6.45, 7) is 0.425. The Morgan fingerprint density at radius 1 is 0.812 bits per heavy atom. The van der Waals surface area contributed by atoms with Gasteiger partial charge in [0.15, 0.2) is 0 Å². The number of hydrogen-bond acceptors (Lipinski definition) is 3. The second-order valence-corrected chi connectivity index (χ2v) is 7.54. The molecule has 0 aliphatic rings. The van der Waals surface area contributed by atoms with E-state index in [0.29, 0.717) is 17.7 Å². The minimum Gasteiger partial charge on any atom is -0.384 e. The number of nitrogens with two attached hydrogens (primary N) is 1. The summed E-state index contributed by atoms with van der Waals surface area (Å²) in [7, 11) is 0. The third kappa shape index (κ3) is 6.54. The van der Waals surface area contributed by atoms with Crippen molar-refractivity contribution in [2.45, 2.75) is 18.8 Å². The molecule has 0 unspecified atom stereocenters. The van der Waals surface area contributed by atoms with E-state index in [9.17, 15) is 9.59 Å². The normalized spacial score (nSPS) is 10.5. The van der Waals surface area contributed by atoms with Crippen molar-refractivity contribution in [2.75, 3.05) is 13.1 Å². The zero-order valence-electron chi connectivity index (χ0n) is 17.9. The van der Waals surface area contributed by atoms with Crippen molar-refractivity contribution in [2.24, 2.45) is 5.73 Å². The van der Waals surface area contributed by atoms with Gasteiger partial charge in [-0.2, -0.15) is 0 Å². The van der Waals surface area contributed by atoms with E-state index in [4.69, 9.17) is 11.1 Å². The van der Waals surface area contributed by atoms with Gasteiger partial charge in [-0.1, -0.05) is 72.8 Å². The summed E-state index contributed by atoms with van der Waals surface area (Å²) in [5.41, 5.74) is 8.79. The minimum atomic E-state index is -0.378. The van der Waals surface area contributed by atoms with Crippen LogP contribution in [0.15, 0.2) is 84.9 Å². The van der Waals surface area contributed by atoms with E-state index < -0.39 is 0 Å². The van der Waals surface area contributed by atoms with Crippen molar-refractivity contribution in [3.63, 3.8) is 0 Å². The van der Waals surface area contributed by atoms with Gasteiger partial charge in [0.1, 0.15) is 5.84 Å². The highest BCUT2D eigenvalue weighted by Gasteiger charge is 2.14. The number of nitrogen functional groups attached to an aromatic ring is 1. The molecule has 0 atom stereocenters. The molecule has 2 amide bonds. The fourth-order valence-electron chi connectivity index (χ4n) is 3.58. The molecule has 0 saturated carbocycles. The number of benzene rings is 3. The van der Waals surface area contributed by atoms with Crippen LogP contribution in [0, 0.1) is 5.41 Å². The number of rotatable bonds is 10. The SMILES string of the molecule is N=C(N)c1cccc(C(=O)NCC(=O)NCCCC(c2ccccc2)c2ccccc2)c1. The maximum Gasteiger partial charge on any atom is 0.251 e. The van der Waals surface area contributed by atoms with E-state index in [1.54, 1.807) is 18.2 Å². The molecule has 0 aromatic heterocycles. The highest BCUT2D eigenvalue weighted by Crippen LogP contribution is 2.28. The van der Waals surface area contributed by atoms with Crippen LogP contribution in [0.5, 0.6) is 0 Å². The van der Waals surface area contributed by atoms with Crippen LogP contribution >= 0.6 is 0 Å². The molecule has 0 aliphatic carbocycles. The molecule has 0 saturated heterocycles. The molecule has 0 radical (unpaired) electrons. The summed E-state index contributed by atoms with van der Waals surface area (Å²) in [6, 6.07) is 27.2. The first-order chi connectivity index (χ1) is 15.5. The first-order valence-electron chi connectivity index (χ1n) is 10.6. The molecule has 32 heavy (non-hydrogen) atoms. The molecule has 6 nitrogen and oxygen atoms in total. The third-order valence-corrected chi connectivity index (χ3v) is 5.24.